The van der Waals surface area contributed by atoms with Gasteiger partial charge in [-0.25, -0.2) is 0 Å². The summed E-state index contributed by atoms with van der Waals surface area (Å²) in [7, 11) is 0. The number of aliphatic hydroxyl groups excluding tert-OH is 1. The summed E-state index contributed by atoms with van der Waals surface area (Å²) >= 11 is 0. The summed E-state index contributed by atoms with van der Waals surface area (Å²) in [5.74, 6) is 0.885. The van der Waals surface area contributed by atoms with Gasteiger partial charge in [-0.2, -0.15) is 0 Å². The van der Waals surface area contributed by atoms with Gasteiger partial charge in [0.1, 0.15) is 5.78 Å². The zero-order chi connectivity index (χ0) is 18.9. The van der Waals surface area contributed by atoms with E-state index in [1.54, 1.807) is 12.3 Å². The van der Waals surface area contributed by atoms with Crippen molar-refractivity contribution >= 4 is 11.7 Å². The topological polar surface area (TPSA) is 88.5 Å². The number of ketones is 1. The smallest absolute Gasteiger partial charge is 0.252 e. The predicted molar refractivity (Wildman–Crippen MR) is 99.0 cm³/mol. The molecule has 0 bridgehead atoms. The molecule has 0 spiro atoms. The van der Waals surface area contributed by atoms with Gasteiger partial charge in [0, 0.05) is 36.2 Å². The van der Waals surface area contributed by atoms with Crippen LogP contribution in [0.4, 0.5) is 0 Å². The van der Waals surface area contributed by atoms with Gasteiger partial charge in [-0.15, -0.1) is 0 Å². The van der Waals surface area contributed by atoms with E-state index in [-0.39, 0.29) is 31.0 Å². The van der Waals surface area contributed by atoms with Crippen molar-refractivity contribution in [3.63, 3.8) is 0 Å². The highest BCUT2D eigenvalue weighted by Gasteiger charge is 2.28. The molecule has 2 N–H and O–H groups in total. The maximum atomic E-state index is 12.1. The summed E-state index contributed by atoms with van der Waals surface area (Å²) in [5, 5.41) is 11.4. The Balaban J connectivity index is 1.80. The lowest BCUT2D eigenvalue weighted by Gasteiger charge is -2.28. The lowest BCUT2D eigenvalue weighted by molar-refractivity contribution is -0.126. The number of hydrogen-bond acceptors (Lipinski definition) is 5. The van der Waals surface area contributed by atoms with Crippen molar-refractivity contribution in [1.29, 1.82) is 0 Å². The number of rotatable bonds is 9. The molecule has 2 rings (SSSR count). The highest BCUT2D eigenvalue weighted by molar-refractivity contribution is 5.93. The number of pyridine rings is 1. The van der Waals surface area contributed by atoms with Crippen LogP contribution in [-0.2, 0) is 9.53 Å². The van der Waals surface area contributed by atoms with E-state index in [9.17, 15) is 9.59 Å². The molecule has 1 amide bonds. The van der Waals surface area contributed by atoms with Crippen LogP contribution in [0.15, 0.2) is 18.3 Å². The molecule has 6 heteroatoms. The Kier molecular flexibility index (Phi) is 8.19. The van der Waals surface area contributed by atoms with Gasteiger partial charge in [-0.1, -0.05) is 13.8 Å². The molecule has 1 aromatic heterocycles. The Morgan fingerprint density at radius 1 is 1.23 bits per heavy atom. The molecule has 0 unspecified atom stereocenters. The highest BCUT2D eigenvalue weighted by atomic mass is 16.5. The second-order valence-electron chi connectivity index (χ2n) is 7.17. The summed E-state index contributed by atoms with van der Waals surface area (Å²) < 4.78 is 5.10. The summed E-state index contributed by atoms with van der Waals surface area (Å²) in [6, 6.07) is 3.73. The predicted octanol–water partition coefficient (Wildman–Crippen LogP) is 2.32. The molecule has 1 aliphatic carbocycles. The molecule has 0 radical (unpaired) electrons. The van der Waals surface area contributed by atoms with Gasteiger partial charge < -0.3 is 15.2 Å². The van der Waals surface area contributed by atoms with Gasteiger partial charge in [0.25, 0.3) is 5.91 Å². The number of ether oxygens (including phenoxy) is 1. The van der Waals surface area contributed by atoms with Gasteiger partial charge in [0.15, 0.2) is 0 Å². The van der Waals surface area contributed by atoms with E-state index in [1.165, 1.54) is 0 Å². The number of amides is 1. The van der Waals surface area contributed by atoms with Crippen molar-refractivity contribution < 1.29 is 19.4 Å². The third-order valence-electron chi connectivity index (χ3n) is 4.93. The molecule has 0 aliphatic heterocycles. The lowest BCUT2D eigenvalue weighted by Crippen LogP contribution is -2.28. The molecule has 0 atom stereocenters. The molecule has 144 valence electrons. The third kappa shape index (κ3) is 5.88. The van der Waals surface area contributed by atoms with Crippen LogP contribution in [0.5, 0.6) is 0 Å². The lowest BCUT2D eigenvalue weighted by atomic mass is 9.76. The van der Waals surface area contributed by atoms with Crippen molar-refractivity contribution in [2.24, 2.45) is 11.8 Å². The first kappa shape index (κ1) is 20.5. The molecular weight excluding hydrogens is 332 g/mol. The zero-order valence-corrected chi connectivity index (χ0v) is 15.7. The van der Waals surface area contributed by atoms with Crippen LogP contribution in [-0.4, -0.2) is 48.1 Å². The maximum Gasteiger partial charge on any atom is 0.252 e. The average molecular weight is 362 g/mol. The van der Waals surface area contributed by atoms with Crippen molar-refractivity contribution in [3.05, 3.63) is 29.6 Å². The maximum absolute atomic E-state index is 12.1. The van der Waals surface area contributed by atoms with E-state index in [0.717, 1.165) is 31.4 Å². The summed E-state index contributed by atoms with van der Waals surface area (Å²) in [4.78, 5) is 28.7. The van der Waals surface area contributed by atoms with Crippen LogP contribution < -0.4 is 5.32 Å². The van der Waals surface area contributed by atoms with Crippen LogP contribution in [0.25, 0.3) is 0 Å². The Bertz CT molecular complexity index is 578. The molecule has 0 saturated heterocycles. The van der Waals surface area contributed by atoms with Crippen LogP contribution in [0.3, 0.4) is 0 Å². The minimum atomic E-state index is -0.178. The van der Waals surface area contributed by atoms with E-state index in [2.05, 4.69) is 10.3 Å². The molecule has 1 aliphatic rings. The van der Waals surface area contributed by atoms with Gasteiger partial charge in [-0.05, 0) is 37.8 Å². The summed E-state index contributed by atoms with van der Waals surface area (Å²) in [6.45, 7) is 4.96. The van der Waals surface area contributed by atoms with Crippen LogP contribution in [0, 0.1) is 11.8 Å². The highest BCUT2D eigenvalue weighted by Crippen LogP contribution is 2.36. The number of carbonyl (C=O) groups excluding carboxylic acids is 2. The molecule has 1 aromatic rings. The van der Waals surface area contributed by atoms with E-state index < -0.39 is 0 Å². The number of nitrogens with zero attached hydrogens (tertiary/aromatic N) is 1. The molecule has 0 aromatic carbocycles. The van der Waals surface area contributed by atoms with Gasteiger partial charge in [-0.3, -0.25) is 14.6 Å². The third-order valence-corrected chi connectivity index (χ3v) is 4.93. The quantitative estimate of drug-likeness (QED) is 0.658. The van der Waals surface area contributed by atoms with Gasteiger partial charge >= 0.3 is 0 Å². The first-order valence-corrected chi connectivity index (χ1v) is 9.49. The fourth-order valence-electron chi connectivity index (χ4n) is 3.43. The number of aliphatic hydroxyl groups is 1. The van der Waals surface area contributed by atoms with E-state index in [1.807, 2.05) is 19.9 Å². The Morgan fingerprint density at radius 2 is 1.96 bits per heavy atom. The normalized spacial score (nSPS) is 20.2. The second kappa shape index (κ2) is 10.4. The molecule has 6 nitrogen and oxygen atoms in total. The summed E-state index contributed by atoms with van der Waals surface area (Å²) in [5.41, 5.74) is 1.53. The minimum absolute atomic E-state index is 0.0210. The molecule has 1 saturated carbocycles. The molecular formula is C20H30N2O4. The number of aromatic nitrogens is 1. The first-order chi connectivity index (χ1) is 12.5. The van der Waals surface area contributed by atoms with Crippen LogP contribution in [0.1, 0.15) is 61.5 Å². The molecule has 1 fully saturated rings. The number of Topliss-reactive ketones (excluding diaryl/α,β-unsaturated/α-hetero) is 1. The number of nitrogens with one attached hydrogen (secondary N) is 1. The Hall–Kier alpha value is -1.79. The zero-order valence-electron chi connectivity index (χ0n) is 15.7. The average Bonchev–Trinajstić information content (AvgIpc) is 2.67. The second-order valence-corrected chi connectivity index (χ2v) is 7.17. The van der Waals surface area contributed by atoms with E-state index >= 15 is 0 Å². The van der Waals surface area contributed by atoms with Crippen LogP contribution >= 0.6 is 0 Å². The Morgan fingerprint density at radius 3 is 2.54 bits per heavy atom. The largest absolute Gasteiger partial charge is 0.394 e. The standard InChI is InChI=1S/C20H30N2O4/c1-14(2)19(24)16-5-3-15(4-6-16)18-8-7-17(13-22-18)20(25)21-9-11-26-12-10-23/h7-8,13-16,23H,3-6,9-12H2,1-2H3,(H,21,25). The first-order valence-electron chi connectivity index (χ1n) is 9.49. The number of carbonyl (C=O) groups is 2. The fraction of sp³-hybridized carbons (Fsp3) is 0.650. The fourth-order valence-corrected chi connectivity index (χ4v) is 3.43. The number of hydrogen-bond donors (Lipinski definition) is 2. The Labute approximate surface area is 155 Å². The van der Waals surface area contributed by atoms with Gasteiger partial charge in [0.05, 0.1) is 25.4 Å². The van der Waals surface area contributed by atoms with Crippen molar-refractivity contribution in [2.45, 2.75) is 45.4 Å². The minimum Gasteiger partial charge on any atom is -0.394 e. The van der Waals surface area contributed by atoms with Crippen molar-refractivity contribution in [3.8, 4) is 0 Å². The molecule has 26 heavy (non-hydrogen) atoms. The molecule has 1 heterocycles. The van der Waals surface area contributed by atoms with E-state index in [0.29, 0.717) is 30.4 Å². The van der Waals surface area contributed by atoms with Crippen molar-refractivity contribution in [2.75, 3.05) is 26.4 Å². The SMILES string of the molecule is CC(C)C(=O)C1CCC(c2ccc(C(=O)NCCOCCO)cn2)CC1. The van der Waals surface area contributed by atoms with Crippen LogP contribution in [0.2, 0.25) is 0 Å². The monoisotopic (exact) mass is 362 g/mol. The van der Waals surface area contributed by atoms with Gasteiger partial charge in [0.2, 0.25) is 0 Å². The summed E-state index contributed by atoms with van der Waals surface area (Å²) in [6.07, 6.45) is 5.43. The van der Waals surface area contributed by atoms with Crippen molar-refractivity contribution in [1.82, 2.24) is 10.3 Å². The van der Waals surface area contributed by atoms with E-state index in [4.69, 9.17) is 9.84 Å².